The number of nitrogens with zero attached hydrogens (tertiary/aromatic N) is 2. The summed E-state index contributed by atoms with van der Waals surface area (Å²) in [6.45, 7) is 2.05. The molecule has 0 saturated heterocycles. The van der Waals surface area contributed by atoms with Gasteiger partial charge >= 0.3 is 0 Å². The number of aromatic nitrogens is 1. The first-order valence-electron chi connectivity index (χ1n) is 4.46. The summed E-state index contributed by atoms with van der Waals surface area (Å²) in [5.41, 5.74) is 2.97. The van der Waals surface area contributed by atoms with Gasteiger partial charge < -0.3 is 4.57 Å². The van der Waals surface area contributed by atoms with Crippen molar-refractivity contribution in [1.29, 1.82) is 5.26 Å². The lowest BCUT2D eigenvalue weighted by molar-refractivity contribution is 1.02. The van der Waals surface area contributed by atoms with Gasteiger partial charge in [-0.2, -0.15) is 5.26 Å². The molecule has 1 heterocycles. The molecule has 0 spiro atoms. The van der Waals surface area contributed by atoms with Crippen LogP contribution in [0.3, 0.4) is 0 Å². The molecular weight excluding hydrogens is 172 g/mol. The second kappa shape index (κ2) is 3.39. The molecule has 14 heavy (non-hydrogen) atoms. The van der Waals surface area contributed by atoms with Crippen molar-refractivity contribution in [2.75, 3.05) is 0 Å². The van der Waals surface area contributed by atoms with E-state index in [-0.39, 0.29) is 0 Å². The SMILES string of the molecule is Cc1cccn1-c1ccc(C#N)cc1. The number of aryl methyl sites for hydroxylation is 1. The Hall–Kier alpha value is -2.01. The number of hydrogen-bond acceptors (Lipinski definition) is 1. The molecule has 2 aromatic rings. The summed E-state index contributed by atoms with van der Waals surface area (Å²) >= 11 is 0. The number of nitriles is 1. The van der Waals surface area contributed by atoms with Crippen molar-refractivity contribution in [3.05, 3.63) is 53.9 Å². The van der Waals surface area contributed by atoms with Crippen LogP contribution in [0.2, 0.25) is 0 Å². The molecule has 0 fully saturated rings. The molecule has 0 aliphatic rings. The van der Waals surface area contributed by atoms with Crippen LogP contribution in [-0.4, -0.2) is 4.57 Å². The lowest BCUT2D eigenvalue weighted by Crippen LogP contribution is -1.93. The van der Waals surface area contributed by atoms with Crippen LogP contribution in [-0.2, 0) is 0 Å². The topological polar surface area (TPSA) is 28.7 Å². The summed E-state index contributed by atoms with van der Waals surface area (Å²) in [5, 5.41) is 8.66. The van der Waals surface area contributed by atoms with E-state index in [1.54, 1.807) is 0 Å². The Morgan fingerprint density at radius 3 is 2.36 bits per heavy atom. The predicted octanol–water partition coefficient (Wildman–Crippen LogP) is 2.66. The van der Waals surface area contributed by atoms with Crippen molar-refractivity contribution in [3.8, 4) is 11.8 Å². The lowest BCUT2D eigenvalue weighted by Gasteiger charge is -2.05. The smallest absolute Gasteiger partial charge is 0.0991 e. The summed E-state index contributed by atoms with van der Waals surface area (Å²) in [6.07, 6.45) is 2.01. The molecule has 0 N–H and O–H groups in total. The van der Waals surface area contributed by atoms with Crippen LogP contribution in [0.1, 0.15) is 11.3 Å². The number of benzene rings is 1. The van der Waals surface area contributed by atoms with Crippen LogP contribution in [0.25, 0.3) is 5.69 Å². The van der Waals surface area contributed by atoms with Crippen LogP contribution >= 0.6 is 0 Å². The minimum Gasteiger partial charge on any atom is -0.321 e. The van der Waals surface area contributed by atoms with Gasteiger partial charge in [-0.05, 0) is 43.3 Å². The summed E-state index contributed by atoms with van der Waals surface area (Å²) < 4.78 is 2.08. The molecule has 1 aromatic heterocycles. The zero-order chi connectivity index (χ0) is 9.97. The van der Waals surface area contributed by atoms with Crippen LogP contribution in [0, 0.1) is 18.3 Å². The first kappa shape index (κ1) is 8.58. The van der Waals surface area contributed by atoms with Crippen LogP contribution < -0.4 is 0 Å². The predicted molar refractivity (Wildman–Crippen MR) is 55.2 cm³/mol. The first-order valence-corrected chi connectivity index (χ1v) is 4.46. The molecule has 0 atom stereocenters. The van der Waals surface area contributed by atoms with E-state index < -0.39 is 0 Å². The zero-order valence-electron chi connectivity index (χ0n) is 7.94. The maximum absolute atomic E-state index is 8.66. The third-order valence-corrected chi connectivity index (χ3v) is 2.23. The van der Waals surface area contributed by atoms with Gasteiger partial charge in [0, 0.05) is 17.6 Å². The van der Waals surface area contributed by atoms with Gasteiger partial charge in [0.15, 0.2) is 0 Å². The van der Waals surface area contributed by atoms with Gasteiger partial charge in [-0.1, -0.05) is 0 Å². The molecule has 0 aliphatic carbocycles. The highest BCUT2D eigenvalue weighted by molar-refractivity contribution is 5.40. The highest BCUT2D eigenvalue weighted by Crippen LogP contribution is 2.12. The van der Waals surface area contributed by atoms with Crippen molar-refractivity contribution in [2.45, 2.75) is 6.92 Å². The maximum Gasteiger partial charge on any atom is 0.0991 e. The van der Waals surface area contributed by atoms with Gasteiger partial charge in [0.2, 0.25) is 0 Å². The van der Waals surface area contributed by atoms with E-state index in [9.17, 15) is 0 Å². The van der Waals surface area contributed by atoms with Gasteiger partial charge in [0.25, 0.3) is 0 Å². The Morgan fingerprint density at radius 1 is 1.14 bits per heavy atom. The Kier molecular flexibility index (Phi) is 2.08. The molecule has 68 valence electrons. The van der Waals surface area contributed by atoms with Crippen LogP contribution in [0.5, 0.6) is 0 Å². The van der Waals surface area contributed by atoms with Gasteiger partial charge in [0.1, 0.15) is 0 Å². The number of hydrogen-bond donors (Lipinski definition) is 0. The second-order valence-electron chi connectivity index (χ2n) is 3.18. The molecule has 0 aliphatic heterocycles. The van der Waals surface area contributed by atoms with Gasteiger partial charge in [-0.15, -0.1) is 0 Å². The number of rotatable bonds is 1. The fourth-order valence-corrected chi connectivity index (χ4v) is 1.45. The average molecular weight is 182 g/mol. The van der Waals surface area contributed by atoms with E-state index in [1.165, 1.54) is 5.69 Å². The van der Waals surface area contributed by atoms with E-state index in [0.717, 1.165) is 5.69 Å². The van der Waals surface area contributed by atoms with Crippen molar-refractivity contribution in [2.24, 2.45) is 0 Å². The summed E-state index contributed by atoms with van der Waals surface area (Å²) in [7, 11) is 0. The first-order chi connectivity index (χ1) is 6.81. The monoisotopic (exact) mass is 182 g/mol. The molecule has 2 heteroatoms. The lowest BCUT2D eigenvalue weighted by atomic mass is 10.2. The zero-order valence-corrected chi connectivity index (χ0v) is 7.94. The molecule has 0 unspecified atom stereocenters. The van der Waals surface area contributed by atoms with Crippen molar-refractivity contribution in [3.63, 3.8) is 0 Å². The minimum absolute atomic E-state index is 0.693. The third-order valence-electron chi connectivity index (χ3n) is 2.23. The summed E-state index contributed by atoms with van der Waals surface area (Å²) in [6, 6.07) is 13.7. The van der Waals surface area contributed by atoms with Gasteiger partial charge in [-0.3, -0.25) is 0 Å². The summed E-state index contributed by atoms with van der Waals surface area (Å²) in [4.78, 5) is 0. The fourth-order valence-electron chi connectivity index (χ4n) is 1.45. The Bertz CT molecular complexity index is 472. The average Bonchev–Trinajstić information content (AvgIpc) is 2.65. The molecule has 0 bridgehead atoms. The van der Waals surface area contributed by atoms with E-state index >= 15 is 0 Å². The maximum atomic E-state index is 8.66. The second-order valence-corrected chi connectivity index (χ2v) is 3.18. The quantitative estimate of drug-likeness (QED) is 0.666. The molecule has 1 aromatic carbocycles. The Labute approximate surface area is 83.0 Å². The largest absolute Gasteiger partial charge is 0.321 e. The molecule has 2 nitrogen and oxygen atoms in total. The van der Waals surface area contributed by atoms with Crippen molar-refractivity contribution >= 4 is 0 Å². The molecule has 0 radical (unpaired) electrons. The highest BCUT2D eigenvalue weighted by atomic mass is 15.0. The van der Waals surface area contributed by atoms with Crippen LogP contribution in [0.15, 0.2) is 42.6 Å². The van der Waals surface area contributed by atoms with Crippen LogP contribution in [0.4, 0.5) is 0 Å². The van der Waals surface area contributed by atoms with Crippen molar-refractivity contribution in [1.82, 2.24) is 4.57 Å². The molecular formula is C12H10N2. The van der Waals surface area contributed by atoms with Gasteiger partial charge in [-0.25, -0.2) is 0 Å². The van der Waals surface area contributed by atoms with E-state index in [0.29, 0.717) is 5.56 Å². The standard InChI is InChI=1S/C12H10N2/c1-10-3-2-8-14(10)12-6-4-11(9-13)5-7-12/h2-8H,1H3. The normalized spacial score (nSPS) is 9.71. The molecule has 2 rings (SSSR count). The fraction of sp³-hybridized carbons (Fsp3) is 0.0833. The van der Waals surface area contributed by atoms with E-state index in [2.05, 4.69) is 23.6 Å². The third kappa shape index (κ3) is 1.40. The van der Waals surface area contributed by atoms with Crippen molar-refractivity contribution < 1.29 is 0 Å². The van der Waals surface area contributed by atoms with Gasteiger partial charge in [0.05, 0.1) is 11.6 Å². The Morgan fingerprint density at radius 2 is 1.86 bits per heavy atom. The minimum atomic E-state index is 0.693. The summed E-state index contributed by atoms with van der Waals surface area (Å²) in [5.74, 6) is 0. The van der Waals surface area contributed by atoms with E-state index in [4.69, 9.17) is 5.26 Å². The Balaban J connectivity index is 2.45. The molecule has 0 saturated carbocycles. The van der Waals surface area contributed by atoms with E-state index in [1.807, 2.05) is 36.5 Å². The highest BCUT2D eigenvalue weighted by Gasteiger charge is 1.98. The molecule has 0 amide bonds.